The van der Waals surface area contributed by atoms with E-state index >= 15 is 0 Å². The molecule has 3 aromatic rings. The molecule has 0 fully saturated rings. The van der Waals surface area contributed by atoms with Gasteiger partial charge in [0.25, 0.3) is 0 Å². The monoisotopic (exact) mass is 358 g/mol. The molecule has 0 amide bonds. The van der Waals surface area contributed by atoms with Gasteiger partial charge in [0, 0.05) is 18.3 Å². The number of hydrogen-bond donors (Lipinski definition) is 0. The van der Waals surface area contributed by atoms with Crippen molar-refractivity contribution in [1.29, 1.82) is 5.26 Å². The zero-order valence-electron chi connectivity index (χ0n) is 15.6. The van der Waals surface area contributed by atoms with E-state index in [4.69, 9.17) is 4.74 Å². The predicted molar refractivity (Wildman–Crippen MR) is 106 cm³/mol. The Morgan fingerprint density at radius 1 is 1.00 bits per heavy atom. The number of esters is 1. The minimum absolute atomic E-state index is 0.296. The van der Waals surface area contributed by atoms with Gasteiger partial charge in [0.1, 0.15) is 11.8 Å². The van der Waals surface area contributed by atoms with Crippen LogP contribution in [0.3, 0.4) is 0 Å². The van der Waals surface area contributed by atoms with Crippen molar-refractivity contribution in [3.05, 3.63) is 72.1 Å². The Morgan fingerprint density at radius 3 is 2.22 bits per heavy atom. The van der Waals surface area contributed by atoms with Crippen LogP contribution in [0.1, 0.15) is 36.3 Å². The number of aryl methyl sites for hydroxylation is 1. The second-order valence-corrected chi connectivity index (χ2v) is 6.24. The Morgan fingerprint density at radius 2 is 1.63 bits per heavy atom. The zero-order valence-corrected chi connectivity index (χ0v) is 15.6. The first-order chi connectivity index (χ1) is 13.2. The standard InChI is InChI=1S/C23H22N2O2/c1-3-14-25-16-20(15-24)21(22(25)23(26)27-4-2)19-12-10-18(11-13-19)17-8-6-5-7-9-17/h5-13,16H,3-4,14H2,1-2H3. The van der Waals surface area contributed by atoms with E-state index in [-0.39, 0.29) is 0 Å². The summed E-state index contributed by atoms with van der Waals surface area (Å²) in [6.07, 6.45) is 2.61. The maximum absolute atomic E-state index is 12.6. The number of nitrogens with zero attached hydrogens (tertiary/aromatic N) is 2. The van der Waals surface area contributed by atoms with Gasteiger partial charge in [-0.1, -0.05) is 61.5 Å². The molecule has 0 radical (unpaired) electrons. The third-order valence-electron chi connectivity index (χ3n) is 4.41. The molecule has 0 unspecified atom stereocenters. The SMILES string of the molecule is CCCn1cc(C#N)c(-c2ccc(-c3ccccc3)cc2)c1C(=O)OCC. The molecule has 4 nitrogen and oxygen atoms in total. The normalized spacial score (nSPS) is 10.4. The Hall–Kier alpha value is -3.32. The Labute approximate surface area is 159 Å². The van der Waals surface area contributed by atoms with E-state index in [0.717, 1.165) is 23.1 Å². The molecule has 0 saturated carbocycles. The summed E-state index contributed by atoms with van der Waals surface area (Å²) in [5.74, 6) is -0.394. The Kier molecular flexibility index (Phi) is 5.73. The van der Waals surface area contributed by atoms with Crippen molar-refractivity contribution in [2.45, 2.75) is 26.8 Å². The van der Waals surface area contributed by atoms with Crippen molar-refractivity contribution in [2.75, 3.05) is 6.61 Å². The highest BCUT2D eigenvalue weighted by Gasteiger charge is 2.24. The van der Waals surface area contributed by atoms with Gasteiger partial charge in [-0.05, 0) is 30.0 Å². The van der Waals surface area contributed by atoms with Crippen LogP contribution in [-0.4, -0.2) is 17.1 Å². The number of hydrogen-bond acceptors (Lipinski definition) is 3. The Balaban J connectivity index is 2.10. The Bertz CT molecular complexity index is 964. The van der Waals surface area contributed by atoms with Crippen molar-refractivity contribution in [1.82, 2.24) is 4.57 Å². The number of carbonyl (C=O) groups is 1. The van der Waals surface area contributed by atoms with Gasteiger partial charge in [-0.25, -0.2) is 4.79 Å². The molecular weight excluding hydrogens is 336 g/mol. The molecule has 0 aliphatic carbocycles. The van der Waals surface area contributed by atoms with Gasteiger partial charge in [0.05, 0.1) is 12.2 Å². The molecule has 1 aromatic heterocycles. The van der Waals surface area contributed by atoms with Crippen molar-refractivity contribution >= 4 is 5.97 Å². The van der Waals surface area contributed by atoms with Gasteiger partial charge in [-0.15, -0.1) is 0 Å². The van der Waals surface area contributed by atoms with E-state index in [1.54, 1.807) is 13.1 Å². The fraction of sp³-hybridized carbons (Fsp3) is 0.217. The van der Waals surface area contributed by atoms with Crippen LogP contribution in [0, 0.1) is 11.3 Å². The van der Waals surface area contributed by atoms with Crippen LogP contribution in [0.25, 0.3) is 22.3 Å². The summed E-state index contributed by atoms with van der Waals surface area (Å²) in [7, 11) is 0. The van der Waals surface area contributed by atoms with Gasteiger partial charge < -0.3 is 9.30 Å². The minimum atomic E-state index is -0.394. The van der Waals surface area contributed by atoms with Crippen LogP contribution >= 0.6 is 0 Å². The lowest BCUT2D eigenvalue weighted by Gasteiger charge is -2.10. The third-order valence-corrected chi connectivity index (χ3v) is 4.41. The van der Waals surface area contributed by atoms with Gasteiger partial charge >= 0.3 is 5.97 Å². The van der Waals surface area contributed by atoms with Crippen LogP contribution in [0.15, 0.2) is 60.8 Å². The molecule has 136 valence electrons. The lowest BCUT2D eigenvalue weighted by atomic mass is 9.98. The molecular formula is C23H22N2O2. The summed E-state index contributed by atoms with van der Waals surface area (Å²) in [6, 6.07) is 20.3. The van der Waals surface area contributed by atoms with E-state index in [2.05, 4.69) is 18.2 Å². The fourth-order valence-corrected chi connectivity index (χ4v) is 3.23. The summed E-state index contributed by atoms with van der Waals surface area (Å²) in [4.78, 5) is 12.6. The van der Waals surface area contributed by atoms with Gasteiger partial charge in [0.2, 0.25) is 0 Å². The van der Waals surface area contributed by atoms with Gasteiger partial charge in [-0.3, -0.25) is 0 Å². The largest absolute Gasteiger partial charge is 0.461 e. The number of nitriles is 1. The molecule has 0 spiro atoms. The van der Waals surface area contributed by atoms with E-state index in [9.17, 15) is 10.1 Å². The molecule has 0 aliphatic rings. The first-order valence-corrected chi connectivity index (χ1v) is 9.15. The van der Waals surface area contributed by atoms with Crippen molar-refractivity contribution in [3.8, 4) is 28.3 Å². The van der Waals surface area contributed by atoms with Crippen LogP contribution in [-0.2, 0) is 11.3 Å². The molecule has 27 heavy (non-hydrogen) atoms. The van der Waals surface area contributed by atoms with Crippen LogP contribution in [0.2, 0.25) is 0 Å². The third kappa shape index (κ3) is 3.78. The fourth-order valence-electron chi connectivity index (χ4n) is 3.23. The van der Waals surface area contributed by atoms with Crippen molar-refractivity contribution in [3.63, 3.8) is 0 Å². The molecule has 0 N–H and O–H groups in total. The number of aromatic nitrogens is 1. The summed E-state index contributed by atoms with van der Waals surface area (Å²) in [5.41, 5.74) is 4.62. The summed E-state index contributed by atoms with van der Waals surface area (Å²) in [5, 5.41) is 9.61. The number of ether oxygens (including phenoxy) is 1. The molecule has 1 heterocycles. The molecule has 0 aliphatic heterocycles. The maximum Gasteiger partial charge on any atom is 0.355 e. The highest BCUT2D eigenvalue weighted by molar-refractivity contribution is 5.98. The summed E-state index contributed by atoms with van der Waals surface area (Å²) >= 11 is 0. The smallest absolute Gasteiger partial charge is 0.355 e. The minimum Gasteiger partial charge on any atom is -0.461 e. The van der Waals surface area contributed by atoms with E-state index in [1.807, 2.05) is 54.0 Å². The van der Waals surface area contributed by atoms with Crippen LogP contribution in [0.4, 0.5) is 0 Å². The van der Waals surface area contributed by atoms with Crippen LogP contribution < -0.4 is 0 Å². The lowest BCUT2D eigenvalue weighted by molar-refractivity contribution is 0.0514. The van der Waals surface area contributed by atoms with E-state index in [1.165, 1.54) is 0 Å². The van der Waals surface area contributed by atoms with Crippen molar-refractivity contribution in [2.24, 2.45) is 0 Å². The highest BCUT2D eigenvalue weighted by Crippen LogP contribution is 2.32. The lowest BCUT2D eigenvalue weighted by Crippen LogP contribution is -2.13. The molecule has 4 heteroatoms. The summed E-state index contributed by atoms with van der Waals surface area (Å²) in [6.45, 7) is 4.77. The van der Waals surface area contributed by atoms with Crippen LogP contribution in [0.5, 0.6) is 0 Å². The molecule has 0 atom stereocenters. The number of carbonyl (C=O) groups excluding carboxylic acids is 1. The molecule has 0 saturated heterocycles. The first kappa shape index (κ1) is 18.5. The average Bonchev–Trinajstić information content (AvgIpc) is 3.08. The van der Waals surface area contributed by atoms with Crippen molar-refractivity contribution < 1.29 is 9.53 Å². The molecule has 3 rings (SSSR count). The van der Waals surface area contributed by atoms with E-state index < -0.39 is 5.97 Å². The first-order valence-electron chi connectivity index (χ1n) is 9.15. The quantitative estimate of drug-likeness (QED) is 0.563. The zero-order chi connectivity index (χ0) is 19.2. The maximum atomic E-state index is 12.6. The molecule has 2 aromatic carbocycles. The van der Waals surface area contributed by atoms with Gasteiger partial charge in [0.15, 0.2) is 0 Å². The highest BCUT2D eigenvalue weighted by atomic mass is 16.5. The summed E-state index contributed by atoms with van der Waals surface area (Å²) < 4.78 is 7.09. The average molecular weight is 358 g/mol. The number of rotatable bonds is 6. The predicted octanol–water partition coefficient (Wildman–Crippen LogP) is 5.28. The second kappa shape index (κ2) is 8.37. The van der Waals surface area contributed by atoms with Gasteiger partial charge in [-0.2, -0.15) is 5.26 Å². The molecule has 0 bridgehead atoms. The number of benzene rings is 2. The topological polar surface area (TPSA) is 55.0 Å². The second-order valence-electron chi connectivity index (χ2n) is 6.24. The van der Waals surface area contributed by atoms with E-state index in [0.29, 0.717) is 30.0 Å².